The minimum atomic E-state index is -1.18. The van der Waals surface area contributed by atoms with Crippen molar-refractivity contribution in [1.29, 1.82) is 0 Å². The summed E-state index contributed by atoms with van der Waals surface area (Å²) < 4.78 is 36.5. The molecule has 0 saturated carbocycles. The molecule has 0 radical (unpaired) electrons. The fraction of sp³-hybridized carbons (Fsp3) is 0.310. The molecule has 0 spiro atoms. The first-order chi connectivity index (χ1) is 19.5. The highest BCUT2D eigenvalue weighted by Gasteiger charge is 2.44. The molecule has 208 valence electrons. The fourth-order valence-corrected chi connectivity index (χ4v) is 6.25. The number of nitrogen functional groups attached to an aromatic ring is 1. The Morgan fingerprint density at radius 2 is 1.62 bits per heavy atom. The van der Waals surface area contributed by atoms with E-state index in [0.717, 1.165) is 43.7 Å². The van der Waals surface area contributed by atoms with E-state index in [1.165, 1.54) is 35.4 Å². The van der Waals surface area contributed by atoms with E-state index in [2.05, 4.69) is 61.6 Å². The third kappa shape index (κ3) is 5.77. The molecule has 40 heavy (non-hydrogen) atoms. The highest BCUT2D eigenvalue weighted by Crippen LogP contribution is 2.37. The predicted molar refractivity (Wildman–Crippen MR) is 154 cm³/mol. The van der Waals surface area contributed by atoms with Crippen molar-refractivity contribution in [3.8, 4) is 0 Å². The SMILES string of the molecule is Nc1ccc(N2CCN(c3ccc(CSC4CNC(Cn5cncn5)(c5ccc(F)cc5F)O4)cc3)CC2)cc1. The fourth-order valence-electron chi connectivity index (χ4n) is 5.25. The van der Waals surface area contributed by atoms with Crippen LogP contribution < -0.4 is 20.9 Å². The van der Waals surface area contributed by atoms with Gasteiger partial charge >= 0.3 is 0 Å². The van der Waals surface area contributed by atoms with Crippen LogP contribution in [0.15, 0.2) is 79.4 Å². The minimum Gasteiger partial charge on any atom is -0.399 e. The summed E-state index contributed by atoms with van der Waals surface area (Å²) in [7, 11) is 0. The number of hydrogen-bond donors (Lipinski definition) is 2. The largest absolute Gasteiger partial charge is 0.399 e. The number of ether oxygens (including phenoxy) is 1. The van der Waals surface area contributed by atoms with E-state index in [0.29, 0.717) is 6.54 Å². The average Bonchev–Trinajstić information content (AvgIpc) is 3.63. The maximum atomic E-state index is 14.8. The summed E-state index contributed by atoms with van der Waals surface area (Å²) in [5.41, 5.74) is 9.04. The van der Waals surface area contributed by atoms with Crippen LogP contribution >= 0.6 is 11.8 Å². The van der Waals surface area contributed by atoms with Crippen molar-refractivity contribution in [3.05, 3.63) is 102 Å². The van der Waals surface area contributed by atoms with Gasteiger partial charge in [-0.1, -0.05) is 12.1 Å². The van der Waals surface area contributed by atoms with Crippen molar-refractivity contribution in [1.82, 2.24) is 20.1 Å². The maximum absolute atomic E-state index is 14.8. The Kier molecular flexibility index (Phi) is 7.59. The maximum Gasteiger partial charge on any atom is 0.169 e. The van der Waals surface area contributed by atoms with Gasteiger partial charge < -0.3 is 20.3 Å². The molecule has 2 unspecified atom stereocenters. The number of nitrogens with one attached hydrogen (secondary N) is 1. The van der Waals surface area contributed by atoms with Gasteiger partial charge in [-0.2, -0.15) is 5.10 Å². The smallest absolute Gasteiger partial charge is 0.169 e. The Hall–Kier alpha value is -3.67. The first kappa shape index (κ1) is 26.5. The monoisotopic (exact) mass is 563 g/mol. The molecule has 11 heteroatoms. The van der Waals surface area contributed by atoms with Crippen molar-refractivity contribution < 1.29 is 13.5 Å². The number of hydrogen-bond acceptors (Lipinski definition) is 8. The standard InChI is InChI=1S/C29H31F2N7OS/c30-22-3-10-26(27(31)15-22)29(18-38-20-33-19-35-38)34-16-28(39-29)40-17-21-1-6-24(7-2-21)36-11-13-37(14-12-36)25-8-4-23(32)5-9-25/h1-10,15,19-20,28,34H,11-14,16-18,32H2. The number of piperazine rings is 1. The van der Waals surface area contributed by atoms with E-state index < -0.39 is 17.4 Å². The Bertz CT molecular complexity index is 1410. The summed E-state index contributed by atoms with van der Waals surface area (Å²) in [6.45, 7) is 4.53. The average molecular weight is 564 g/mol. The predicted octanol–water partition coefficient (Wildman–Crippen LogP) is 4.20. The van der Waals surface area contributed by atoms with E-state index >= 15 is 0 Å². The second-order valence-corrected chi connectivity index (χ2v) is 11.2. The lowest BCUT2D eigenvalue weighted by Gasteiger charge is -2.37. The van der Waals surface area contributed by atoms with E-state index in [1.54, 1.807) is 22.8 Å². The lowest BCUT2D eigenvalue weighted by Crippen LogP contribution is -2.46. The number of anilines is 3. The van der Waals surface area contributed by atoms with Gasteiger partial charge in [0.2, 0.25) is 0 Å². The molecule has 2 aliphatic heterocycles. The number of halogens is 2. The van der Waals surface area contributed by atoms with E-state index in [4.69, 9.17) is 10.5 Å². The zero-order chi connectivity index (χ0) is 27.5. The molecule has 3 heterocycles. The van der Waals surface area contributed by atoms with Gasteiger partial charge in [-0.15, -0.1) is 11.8 Å². The van der Waals surface area contributed by atoms with Crippen LogP contribution in [0.3, 0.4) is 0 Å². The lowest BCUT2D eigenvalue weighted by molar-refractivity contribution is -0.0451. The van der Waals surface area contributed by atoms with Crippen molar-refractivity contribution in [2.75, 3.05) is 48.3 Å². The van der Waals surface area contributed by atoms with E-state index in [9.17, 15) is 8.78 Å². The highest BCUT2D eigenvalue weighted by atomic mass is 32.2. The summed E-state index contributed by atoms with van der Waals surface area (Å²) in [5.74, 6) is -0.556. The van der Waals surface area contributed by atoms with Crippen LogP contribution in [0.2, 0.25) is 0 Å². The molecule has 2 saturated heterocycles. The van der Waals surface area contributed by atoms with Crippen molar-refractivity contribution in [2.45, 2.75) is 23.5 Å². The van der Waals surface area contributed by atoms with Crippen molar-refractivity contribution in [2.24, 2.45) is 0 Å². The van der Waals surface area contributed by atoms with Crippen LogP contribution in [0.25, 0.3) is 0 Å². The Labute approximate surface area is 236 Å². The highest BCUT2D eigenvalue weighted by molar-refractivity contribution is 7.99. The lowest BCUT2D eigenvalue weighted by atomic mass is 10.0. The van der Waals surface area contributed by atoms with Crippen LogP contribution in [-0.2, 0) is 22.8 Å². The minimum absolute atomic E-state index is 0.201. The van der Waals surface area contributed by atoms with Crippen LogP contribution in [0.5, 0.6) is 0 Å². The summed E-state index contributed by atoms with van der Waals surface area (Å²) in [6.07, 6.45) is 2.97. The van der Waals surface area contributed by atoms with Gasteiger partial charge in [-0.3, -0.25) is 5.32 Å². The molecular weight excluding hydrogens is 532 g/mol. The van der Waals surface area contributed by atoms with Gasteiger partial charge in [-0.25, -0.2) is 18.4 Å². The second kappa shape index (κ2) is 11.4. The van der Waals surface area contributed by atoms with Gasteiger partial charge in [0.25, 0.3) is 0 Å². The Morgan fingerprint density at radius 3 is 2.25 bits per heavy atom. The topological polar surface area (TPSA) is 84.5 Å². The third-order valence-electron chi connectivity index (χ3n) is 7.38. The van der Waals surface area contributed by atoms with Crippen LogP contribution in [0.1, 0.15) is 11.1 Å². The van der Waals surface area contributed by atoms with E-state index in [1.807, 2.05) is 12.1 Å². The summed E-state index contributed by atoms with van der Waals surface area (Å²) >= 11 is 1.64. The molecule has 2 fully saturated rings. The summed E-state index contributed by atoms with van der Waals surface area (Å²) in [5, 5.41) is 7.49. The first-order valence-electron chi connectivity index (χ1n) is 13.2. The number of thioether (sulfide) groups is 1. The molecule has 8 nitrogen and oxygen atoms in total. The second-order valence-electron chi connectivity index (χ2n) is 10.0. The van der Waals surface area contributed by atoms with Crippen LogP contribution in [-0.4, -0.2) is 52.9 Å². The van der Waals surface area contributed by atoms with Gasteiger partial charge in [0.15, 0.2) is 5.72 Å². The molecule has 0 bridgehead atoms. The van der Waals surface area contributed by atoms with Gasteiger partial charge in [0, 0.05) is 67.2 Å². The van der Waals surface area contributed by atoms with Crippen LogP contribution in [0, 0.1) is 11.6 Å². The van der Waals surface area contributed by atoms with Gasteiger partial charge in [-0.05, 0) is 54.1 Å². The molecule has 0 amide bonds. The normalized spacial score (nSPS) is 21.2. The summed E-state index contributed by atoms with van der Waals surface area (Å²) in [6, 6.07) is 20.2. The molecule has 2 aliphatic rings. The van der Waals surface area contributed by atoms with Crippen molar-refractivity contribution >= 4 is 28.8 Å². The number of aromatic nitrogens is 3. The molecule has 3 aromatic carbocycles. The molecule has 3 N–H and O–H groups in total. The first-order valence-corrected chi connectivity index (χ1v) is 14.3. The molecule has 2 atom stereocenters. The van der Waals surface area contributed by atoms with Gasteiger partial charge in [0.1, 0.15) is 29.7 Å². The zero-order valence-electron chi connectivity index (χ0n) is 21.9. The number of benzene rings is 3. The molecule has 1 aromatic heterocycles. The van der Waals surface area contributed by atoms with E-state index in [-0.39, 0.29) is 17.5 Å². The molecular formula is C29H31F2N7OS. The quantitative estimate of drug-likeness (QED) is 0.309. The molecule has 4 aromatic rings. The Morgan fingerprint density at radius 1 is 0.950 bits per heavy atom. The van der Waals surface area contributed by atoms with Crippen LogP contribution in [0.4, 0.5) is 25.8 Å². The zero-order valence-corrected chi connectivity index (χ0v) is 22.7. The molecule has 0 aliphatic carbocycles. The van der Waals surface area contributed by atoms with Crippen molar-refractivity contribution in [3.63, 3.8) is 0 Å². The summed E-state index contributed by atoms with van der Waals surface area (Å²) in [4.78, 5) is 8.77. The number of nitrogens with zero attached hydrogens (tertiary/aromatic N) is 5. The number of rotatable bonds is 8. The Balaban J connectivity index is 1.06. The third-order valence-corrected chi connectivity index (χ3v) is 8.51. The molecule has 6 rings (SSSR count). The van der Waals surface area contributed by atoms with Gasteiger partial charge in [0.05, 0.1) is 6.54 Å². The number of nitrogens with two attached hydrogens (primary N) is 1.